The maximum absolute atomic E-state index is 15.3. The number of carbonyl (C=O) groups is 1. The average molecular weight is 542 g/mol. The van der Waals surface area contributed by atoms with E-state index < -0.39 is 11.8 Å². The van der Waals surface area contributed by atoms with E-state index in [0.717, 1.165) is 11.4 Å². The van der Waals surface area contributed by atoms with Gasteiger partial charge in [-0.25, -0.2) is 28.5 Å². The molecule has 10 nitrogen and oxygen atoms in total. The van der Waals surface area contributed by atoms with Crippen LogP contribution >= 0.6 is 0 Å². The number of fused-ring (bicyclic) bond motifs is 1. The van der Waals surface area contributed by atoms with Crippen LogP contribution in [-0.2, 0) is 12.5 Å². The Morgan fingerprint density at radius 1 is 1.00 bits per heavy atom. The van der Waals surface area contributed by atoms with Crippen LogP contribution in [0.15, 0.2) is 54.9 Å². The largest absolute Gasteiger partial charge is 0.383 e. The molecule has 0 atom stereocenters. The highest BCUT2D eigenvalue weighted by Crippen LogP contribution is 2.32. The number of hydrogen-bond donors (Lipinski definition) is 3. The number of urea groups is 1. The first-order valence-corrected chi connectivity index (χ1v) is 12.9. The summed E-state index contributed by atoms with van der Waals surface area (Å²) >= 11 is 0. The van der Waals surface area contributed by atoms with E-state index in [1.165, 1.54) is 28.7 Å². The lowest BCUT2D eigenvalue weighted by Crippen LogP contribution is -2.21. The third kappa shape index (κ3) is 5.09. The molecule has 0 aliphatic rings. The molecule has 40 heavy (non-hydrogen) atoms. The minimum absolute atomic E-state index is 0.208. The van der Waals surface area contributed by atoms with Crippen LogP contribution in [0.5, 0.6) is 0 Å². The van der Waals surface area contributed by atoms with E-state index in [-0.39, 0.29) is 22.5 Å². The number of carbonyl (C=O) groups excluding carboxylic acids is 1. The van der Waals surface area contributed by atoms with Crippen molar-refractivity contribution in [2.24, 2.45) is 7.05 Å². The SMILES string of the molecule is CC(C)c1ccc(-n2nc(C(C)(C)C)cc2NC(=O)Nc2ccc(-c3nn(C)c4ncnc(N)c34)c(F)c2)cc1. The molecule has 0 aliphatic heterocycles. The predicted octanol–water partition coefficient (Wildman–Crippen LogP) is 6.00. The summed E-state index contributed by atoms with van der Waals surface area (Å²) in [6.07, 6.45) is 1.34. The maximum atomic E-state index is 15.3. The Morgan fingerprint density at radius 3 is 2.38 bits per heavy atom. The number of aryl methyl sites for hydroxylation is 1. The quantitative estimate of drug-likeness (QED) is 0.250. The highest BCUT2D eigenvalue weighted by Gasteiger charge is 2.22. The minimum Gasteiger partial charge on any atom is -0.383 e. The fraction of sp³-hybridized carbons (Fsp3) is 0.276. The fourth-order valence-corrected chi connectivity index (χ4v) is 4.40. The van der Waals surface area contributed by atoms with E-state index in [1.54, 1.807) is 17.8 Å². The number of halogens is 1. The lowest BCUT2D eigenvalue weighted by molar-refractivity contribution is 0.262. The maximum Gasteiger partial charge on any atom is 0.324 e. The Labute approximate surface area is 231 Å². The van der Waals surface area contributed by atoms with Crippen LogP contribution in [0.4, 0.5) is 26.5 Å². The topological polar surface area (TPSA) is 129 Å². The Bertz CT molecular complexity index is 1710. The van der Waals surface area contributed by atoms with E-state index >= 15 is 4.39 Å². The monoisotopic (exact) mass is 541 g/mol. The average Bonchev–Trinajstić information content (AvgIpc) is 3.46. The van der Waals surface area contributed by atoms with Crippen molar-refractivity contribution in [1.29, 1.82) is 0 Å². The van der Waals surface area contributed by atoms with Gasteiger partial charge in [0.15, 0.2) is 5.65 Å². The number of nitrogens with zero attached hydrogens (tertiary/aromatic N) is 6. The van der Waals surface area contributed by atoms with E-state index in [0.29, 0.717) is 28.5 Å². The van der Waals surface area contributed by atoms with Crippen molar-refractivity contribution >= 4 is 34.4 Å². The molecule has 4 N–H and O–H groups in total. The molecule has 2 amide bonds. The normalized spacial score (nSPS) is 11.8. The van der Waals surface area contributed by atoms with Crippen LogP contribution in [0, 0.1) is 5.82 Å². The summed E-state index contributed by atoms with van der Waals surface area (Å²) in [5, 5.41) is 15.2. The molecule has 0 radical (unpaired) electrons. The second-order valence-electron chi connectivity index (χ2n) is 11.0. The molecule has 2 aromatic carbocycles. The van der Waals surface area contributed by atoms with Crippen LogP contribution in [0.25, 0.3) is 28.0 Å². The summed E-state index contributed by atoms with van der Waals surface area (Å²) in [7, 11) is 1.70. The molecule has 3 heterocycles. The molecule has 11 heteroatoms. The number of benzene rings is 2. The minimum atomic E-state index is -0.577. The number of amides is 2. The number of hydrogen-bond acceptors (Lipinski definition) is 6. The molecular weight excluding hydrogens is 509 g/mol. The van der Waals surface area contributed by atoms with Crippen molar-refractivity contribution in [3.8, 4) is 16.9 Å². The van der Waals surface area contributed by atoms with Crippen molar-refractivity contribution in [2.45, 2.75) is 46.0 Å². The smallest absolute Gasteiger partial charge is 0.324 e. The van der Waals surface area contributed by atoms with Crippen molar-refractivity contribution in [3.63, 3.8) is 0 Å². The van der Waals surface area contributed by atoms with Crippen molar-refractivity contribution in [2.75, 3.05) is 16.4 Å². The third-order valence-electron chi connectivity index (χ3n) is 6.66. The molecule has 0 aliphatic carbocycles. The second kappa shape index (κ2) is 10.1. The number of nitrogens with one attached hydrogen (secondary N) is 2. The van der Waals surface area contributed by atoms with Gasteiger partial charge in [-0.3, -0.25) is 5.32 Å². The molecule has 5 rings (SSSR count). The van der Waals surface area contributed by atoms with Crippen LogP contribution < -0.4 is 16.4 Å². The van der Waals surface area contributed by atoms with E-state index in [2.05, 4.69) is 72.5 Å². The van der Waals surface area contributed by atoms with Crippen LogP contribution in [0.3, 0.4) is 0 Å². The van der Waals surface area contributed by atoms with Gasteiger partial charge in [0, 0.05) is 29.8 Å². The number of nitrogens with two attached hydrogens (primary N) is 1. The zero-order valence-corrected chi connectivity index (χ0v) is 23.3. The van der Waals surface area contributed by atoms with Crippen molar-refractivity contribution in [1.82, 2.24) is 29.5 Å². The van der Waals surface area contributed by atoms with Gasteiger partial charge in [0.2, 0.25) is 0 Å². The van der Waals surface area contributed by atoms with Gasteiger partial charge in [-0.05, 0) is 41.8 Å². The Hall–Kier alpha value is -4.80. The molecule has 5 aromatic rings. The standard InChI is InChI=1S/C29H32FN9O/c1-16(2)17-7-10-19(11-8-17)39-23(14-22(36-39)29(3,4)5)35-28(40)34-18-9-12-20(21(30)13-18)25-24-26(31)32-15-33-27(24)38(6)37-25/h7-16H,1-6H3,(H2,31,32,33)(H2,34,35,40). The fourth-order valence-electron chi connectivity index (χ4n) is 4.40. The summed E-state index contributed by atoms with van der Waals surface area (Å²) in [5.74, 6) is 0.520. The van der Waals surface area contributed by atoms with Crippen LogP contribution in [0.1, 0.15) is 51.8 Å². The first kappa shape index (κ1) is 26.8. The zero-order chi connectivity index (χ0) is 28.8. The molecule has 0 spiro atoms. The first-order chi connectivity index (χ1) is 18.9. The van der Waals surface area contributed by atoms with Crippen LogP contribution in [0.2, 0.25) is 0 Å². The molecule has 0 saturated carbocycles. The van der Waals surface area contributed by atoms with Gasteiger partial charge in [0.05, 0.1) is 16.8 Å². The van der Waals surface area contributed by atoms with Gasteiger partial charge in [-0.2, -0.15) is 10.2 Å². The molecular formula is C29H32FN9O. The lowest BCUT2D eigenvalue weighted by Gasteiger charge is -2.14. The van der Waals surface area contributed by atoms with E-state index in [4.69, 9.17) is 10.8 Å². The lowest BCUT2D eigenvalue weighted by atomic mass is 9.92. The molecule has 0 fully saturated rings. The summed E-state index contributed by atoms with van der Waals surface area (Å²) < 4.78 is 18.5. The number of rotatable bonds is 5. The van der Waals surface area contributed by atoms with Gasteiger partial charge in [0.25, 0.3) is 0 Å². The van der Waals surface area contributed by atoms with E-state index in [1.807, 2.05) is 18.2 Å². The Morgan fingerprint density at radius 2 is 1.73 bits per heavy atom. The van der Waals surface area contributed by atoms with Gasteiger partial charge >= 0.3 is 6.03 Å². The van der Waals surface area contributed by atoms with Gasteiger partial charge in [0.1, 0.15) is 29.5 Å². The first-order valence-electron chi connectivity index (χ1n) is 12.9. The van der Waals surface area contributed by atoms with Crippen LogP contribution in [-0.4, -0.2) is 35.6 Å². The summed E-state index contributed by atoms with van der Waals surface area (Å²) in [4.78, 5) is 21.2. The highest BCUT2D eigenvalue weighted by molar-refractivity contribution is 6.01. The Balaban J connectivity index is 1.40. The summed E-state index contributed by atoms with van der Waals surface area (Å²) in [6.45, 7) is 10.4. The summed E-state index contributed by atoms with van der Waals surface area (Å²) in [5.41, 5.74) is 9.94. The number of anilines is 3. The second-order valence-corrected chi connectivity index (χ2v) is 11.0. The van der Waals surface area contributed by atoms with Gasteiger partial charge < -0.3 is 11.1 Å². The Kier molecular flexibility index (Phi) is 6.74. The molecule has 0 unspecified atom stereocenters. The van der Waals surface area contributed by atoms with Crippen molar-refractivity contribution < 1.29 is 9.18 Å². The predicted molar refractivity (Wildman–Crippen MR) is 155 cm³/mol. The summed E-state index contributed by atoms with van der Waals surface area (Å²) in [6, 6.07) is 13.7. The number of aromatic nitrogens is 6. The van der Waals surface area contributed by atoms with Crippen molar-refractivity contribution in [3.05, 3.63) is 71.9 Å². The van der Waals surface area contributed by atoms with Gasteiger partial charge in [-0.1, -0.05) is 46.8 Å². The highest BCUT2D eigenvalue weighted by atomic mass is 19.1. The number of nitrogen functional groups attached to an aromatic ring is 1. The van der Waals surface area contributed by atoms with Gasteiger partial charge in [-0.15, -0.1) is 0 Å². The van der Waals surface area contributed by atoms with E-state index in [9.17, 15) is 4.79 Å². The molecule has 3 aromatic heterocycles. The zero-order valence-electron chi connectivity index (χ0n) is 23.3. The molecule has 206 valence electrons. The molecule has 0 saturated heterocycles. The molecule has 0 bridgehead atoms. The third-order valence-corrected chi connectivity index (χ3v) is 6.66.